The molecule has 1 aliphatic carbocycles. The SMILES string of the molecule is O=C(c1ccc2[nH]c(C(=O)N3CCS(O)(O)CC3)cc2c1)N1CCN(C2CCCC2)CC1. The van der Waals surface area contributed by atoms with Crippen molar-refractivity contribution in [3.8, 4) is 0 Å². The topological polar surface area (TPSA) is 100 Å². The highest BCUT2D eigenvalue weighted by Gasteiger charge is 2.29. The summed E-state index contributed by atoms with van der Waals surface area (Å²) in [5.74, 6) is 0.359. The summed E-state index contributed by atoms with van der Waals surface area (Å²) in [5.41, 5.74) is 1.93. The van der Waals surface area contributed by atoms with Gasteiger partial charge in [0.15, 0.2) is 0 Å². The molecule has 2 aromatic rings. The Morgan fingerprint density at radius 2 is 1.53 bits per heavy atom. The minimum absolute atomic E-state index is 0.0493. The van der Waals surface area contributed by atoms with Gasteiger partial charge in [-0.1, -0.05) is 12.8 Å². The van der Waals surface area contributed by atoms with Crippen molar-refractivity contribution in [1.82, 2.24) is 19.7 Å². The van der Waals surface area contributed by atoms with Gasteiger partial charge < -0.3 is 14.8 Å². The van der Waals surface area contributed by atoms with Gasteiger partial charge in [0.05, 0.1) is 11.5 Å². The largest absolute Gasteiger partial charge is 0.351 e. The van der Waals surface area contributed by atoms with E-state index in [1.165, 1.54) is 25.7 Å². The second-order valence-corrected chi connectivity index (χ2v) is 11.7. The summed E-state index contributed by atoms with van der Waals surface area (Å²) in [4.78, 5) is 35.2. The lowest BCUT2D eigenvalue weighted by Gasteiger charge is -2.40. The number of hydrogen-bond donors (Lipinski definition) is 3. The minimum Gasteiger partial charge on any atom is -0.351 e. The van der Waals surface area contributed by atoms with Gasteiger partial charge in [-0.15, -0.1) is 0 Å². The third-order valence-electron chi connectivity index (χ3n) is 7.20. The summed E-state index contributed by atoms with van der Waals surface area (Å²) in [6.45, 7) is 4.10. The van der Waals surface area contributed by atoms with Crippen LogP contribution in [-0.4, -0.2) is 97.4 Å². The summed E-state index contributed by atoms with van der Waals surface area (Å²) in [6.07, 6.45) is 5.23. The van der Waals surface area contributed by atoms with Crippen LogP contribution in [0.1, 0.15) is 46.5 Å². The number of amides is 2. The molecular formula is C23H32N4O4S. The number of nitrogens with zero attached hydrogens (tertiary/aromatic N) is 3. The Labute approximate surface area is 189 Å². The fourth-order valence-corrected chi connectivity index (χ4v) is 6.45. The van der Waals surface area contributed by atoms with Gasteiger partial charge in [-0.2, -0.15) is 10.6 Å². The Morgan fingerprint density at radius 3 is 2.22 bits per heavy atom. The number of carbonyl (C=O) groups excluding carboxylic acids is 2. The molecule has 2 amide bonds. The molecule has 5 rings (SSSR count). The van der Waals surface area contributed by atoms with Crippen molar-refractivity contribution < 1.29 is 18.7 Å². The maximum Gasteiger partial charge on any atom is 0.270 e. The maximum absolute atomic E-state index is 13.1. The Morgan fingerprint density at radius 1 is 0.875 bits per heavy atom. The van der Waals surface area contributed by atoms with Gasteiger partial charge in [-0.05, 0) is 37.1 Å². The van der Waals surface area contributed by atoms with Crippen LogP contribution in [0.5, 0.6) is 0 Å². The highest BCUT2D eigenvalue weighted by atomic mass is 32.3. The normalized spacial score (nSPS) is 23.6. The molecule has 2 saturated heterocycles. The number of piperazine rings is 1. The molecule has 8 nitrogen and oxygen atoms in total. The lowest BCUT2D eigenvalue weighted by molar-refractivity contribution is 0.0573. The fraction of sp³-hybridized carbons (Fsp3) is 0.565. The number of hydrogen-bond acceptors (Lipinski definition) is 5. The third-order valence-corrected chi connectivity index (χ3v) is 8.88. The monoisotopic (exact) mass is 460 g/mol. The van der Waals surface area contributed by atoms with Crippen LogP contribution < -0.4 is 0 Å². The summed E-state index contributed by atoms with van der Waals surface area (Å²) < 4.78 is 19.5. The predicted molar refractivity (Wildman–Crippen MR) is 127 cm³/mol. The summed E-state index contributed by atoms with van der Waals surface area (Å²) in [5, 5.41) is 0.838. The molecule has 3 fully saturated rings. The number of rotatable bonds is 3. The van der Waals surface area contributed by atoms with Gasteiger partial charge in [-0.25, -0.2) is 0 Å². The van der Waals surface area contributed by atoms with Crippen LogP contribution in [0.4, 0.5) is 0 Å². The average molecular weight is 461 g/mol. The molecule has 0 bridgehead atoms. The molecule has 1 aromatic carbocycles. The first kappa shape index (κ1) is 21.8. The first-order chi connectivity index (χ1) is 15.4. The van der Waals surface area contributed by atoms with E-state index in [0.29, 0.717) is 30.4 Å². The zero-order valence-corrected chi connectivity index (χ0v) is 19.1. The van der Waals surface area contributed by atoms with E-state index in [-0.39, 0.29) is 23.3 Å². The quantitative estimate of drug-likeness (QED) is 0.654. The van der Waals surface area contributed by atoms with E-state index in [9.17, 15) is 18.7 Å². The average Bonchev–Trinajstić information content (AvgIpc) is 3.48. The van der Waals surface area contributed by atoms with Gasteiger partial charge >= 0.3 is 0 Å². The Kier molecular flexibility index (Phi) is 5.92. The molecule has 0 radical (unpaired) electrons. The van der Waals surface area contributed by atoms with Crippen molar-refractivity contribution in [3.05, 3.63) is 35.5 Å². The number of fused-ring (bicyclic) bond motifs is 1. The Bertz CT molecular complexity index is 999. The summed E-state index contributed by atoms with van der Waals surface area (Å²) >= 11 is 0. The standard InChI is InChI=1S/C23H32N4O4S/c28-22(26-9-7-25(8-10-26)19-3-1-2-4-19)17-5-6-20-18(15-17)16-21(24-20)23(29)27-11-13-32(30,31)14-12-27/h5-6,15-16,19,24,30-31H,1-4,7-14H2. The van der Waals surface area contributed by atoms with E-state index < -0.39 is 10.6 Å². The molecule has 0 unspecified atom stereocenters. The summed E-state index contributed by atoms with van der Waals surface area (Å²) in [7, 11) is -2.54. The molecule has 32 heavy (non-hydrogen) atoms. The highest BCUT2D eigenvalue weighted by molar-refractivity contribution is 8.24. The number of nitrogens with one attached hydrogen (secondary N) is 1. The number of aromatic amines is 1. The van der Waals surface area contributed by atoms with Crippen LogP contribution in [0, 0.1) is 0 Å². The van der Waals surface area contributed by atoms with Crippen molar-refractivity contribution in [1.29, 1.82) is 0 Å². The number of H-pyrrole nitrogens is 1. The molecule has 3 heterocycles. The Balaban J connectivity index is 1.25. The van der Waals surface area contributed by atoms with Crippen LogP contribution in [0.25, 0.3) is 10.9 Å². The van der Waals surface area contributed by atoms with Gasteiger partial charge in [0.2, 0.25) is 0 Å². The van der Waals surface area contributed by atoms with E-state index in [1.807, 2.05) is 23.1 Å². The lowest BCUT2D eigenvalue weighted by atomic mass is 10.1. The van der Waals surface area contributed by atoms with Crippen LogP contribution >= 0.6 is 10.6 Å². The molecule has 174 valence electrons. The summed E-state index contributed by atoms with van der Waals surface area (Å²) in [6, 6.07) is 8.04. The van der Waals surface area contributed by atoms with E-state index in [0.717, 1.165) is 37.1 Å². The molecule has 3 aliphatic rings. The highest BCUT2D eigenvalue weighted by Crippen LogP contribution is 2.40. The number of aromatic nitrogens is 1. The van der Waals surface area contributed by atoms with E-state index in [1.54, 1.807) is 11.0 Å². The predicted octanol–water partition coefficient (Wildman–Crippen LogP) is 3.07. The first-order valence-corrected chi connectivity index (χ1v) is 13.5. The van der Waals surface area contributed by atoms with E-state index in [2.05, 4.69) is 9.88 Å². The van der Waals surface area contributed by atoms with Crippen molar-refractivity contribution in [2.45, 2.75) is 31.7 Å². The van der Waals surface area contributed by atoms with Gasteiger partial charge in [0.1, 0.15) is 5.69 Å². The van der Waals surface area contributed by atoms with E-state index >= 15 is 0 Å². The van der Waals surface area contributed by atoms with Crippen LogP contribution in [0.15, 0.2) is 24.3 Å². The van der Waals surface area contributed by atoms with Crippen molar-refractivity contribution in [2.24, 2.45) is 0 Å². The first-order valence-electron chi connectivity index (χ1n) is 11.6. The molecule has 0 spiro atoms. The molecule has 1 aromatic heterocycles. The van der Waals surface area contributed by atoms with Gasteiger partial charge in [-0.3, -0.25) is 23.6 Å². The van der Waals surface area contributed by atoms with Crippen LogP contribution in [0.2, 0.25) is 0 Å². The second kappa shape index (κ2) is 8.70. The lowest BCUT2D eigenvalue weighted by Crippen LogP contribution is -2.51. The van der Waals surface area contributed by atoms with E-state index in [4.69, 9.17) is 0 Å². The minimum atomic E-state index is -2.54. The van der Waals surface area contributed by atoms with Crippen molar-refractivity contribution in [3.63, 3.8) is 0 Å². The van der Waals surface area contributed by atoms with Crippen molar-refractivity contribution in [2.75, 3.05) is 50.8 Å². The van der Waals surface area contributed by atoms with Crippen molar-refractivity contribution >= 4 is 33.3 Å². The molecular weight excluding hydrogens is 428 g/mol. The van der Waals surface area contributed by atoms with Crippen LogP contribution in [-0.2, 0) is 0 Å². The second-order valence-electron chi connectivity index (χ2n) is 9.25. The third kappa shape index (κ3) is 4.39. The Hall–Kier alpha value is -2.07. The molecule has 1 saturated carbocycles. The molecule has 9 heteroatoms. The number of carbonyl (C=O) groups is 2. The maximum atomic E-state index is 13.1. The fourth-order valence-electron chi connectivity index (χ4n) is 5.22. The van der Waals surface area contributed by atoms with Crippen LogP contribution in [0.3, 0.4) is 0 Å². The zero-order valence-electron chi connectivity index (χ0n) is 18.3. The van der Waals surface area contributed by atoms with Gasteiger partial charge in [0.25, 0.3) is 11.8 Å². The van der Waals surface area contributed by atoms with Gasteiger partial charge in [0, 0.05) is 61.8 Å². The molecule has 2 aliphatic heterocycles. The zero-order chi connectivity index (χ0) is 22.3. The molecule has 0 atom stereocenters. The number of benzene rings is 1. The molecule has 3 N–H and O–H groups in total. The smallest absolute Gasteiger partial charge is 0.270 e.